The average molecular weight is 381 g/mol. The summed E-state index contributed by atoms with van der Waals surface area (Å²) in [5.74, 6) is 0.729. The van der Waals surface area contributed by atoms with Crippen molar-refractivity contribution in [2.24, 2.45) is 10.7 Å². The number of anilines is 1. The van der Waals surface area contributed by atoms with Gasteiger partial charge in [-0.05, 0) is 36.8 Å². The Balaban J connectivity index is 1.66. The van der Waals surface area contributed by atoms with E-state index in [2.05, 4.69) is 15.1 Å². The first-order valence-corrected chi connectivity index (χ1v) is 9.53. The molecule has 4 N–H and O–H groups in total. The molecule has 148 valence electrons. The minimum Gasteiger partial charge on any atom is -0.506 e. The largest absolute Gasteiger partial charge is 0.506 e. The van der Waals surface area contributed by atoms with Gasteiger partial charge >= 0.3 is 0 Å². The van der Waals surface area contributed by atoms with Crippen LogP contribution in [-0.2, 0) is 6.54 Å². The van der Waals surface area contributed by atoms with Crippen LogP contribution >= 0.6 is 0 Å². The number of benzene rings is 2. The van der Waals surface area contributed by atoms with Crippen LogP contribution < -0.4 is 16.0 Å². The molecule has 1 amide bonds. The lowest BCUT2D eigenvalue weighted by atomic mass is 10.1. The first-order valence-electron chi connectivity index (χ1n) is 9.53. The molecule has 0 radical (unpaired) electrons. The van der Waals surface area contributed by atoms with E-state index in [1.165, 1.54) is 0 Å². The van der Waals surface area contributed by atoms with Crippen molar-refractivity contribution in [3.63, 3.8) is 0 Å². The first kappa shape index (κ1) is 19.5. The molecule has 0 aliphatic carbocycles. The number of guanidine groups is 1. The van der Waals surface area contributed by atoms with Crippen molar-refractivity contribution in [3.05, 3.63) is 59.7 Å². The van der Waals surface area contributed by atoms with Gasteiger partial charge in [-0.15, -0.1) is 0 Å². The Bertz CT molecular complexity index is 844. The Labute approximate surface area is 165 Å². The zero-order valence-corrected chi connectivity index (χ0v) is 16.1. The van der Waals surface area contributed by atoms with Crippen molar-refractivity contribution in [1.82, 2.24) is 10.2 Å². The summed E-state index contributed by atoms with van der Waals surface area (Å²) in [7, 11) is 0. The van der Waals surface area contributed by atoms with Gasteiger partial charge in [-0.2, -0.15) is 0 Å². The summed E-state index contributed by atoms with van der Waals surface area (Å²) >= 11 is 0. The van der Waals surface area contributed by atoms with Crippen LogP contribution in [0.15, 0.2) is 53.5 Å². The van der Waals surface area contributed by atoms with Gasteiger partial charge in [0.05, 0.1) is 12.2 Å². The fourth-order valence-electron chi connectivity index (χ4n) is 3.31. The number of hydrogen-bond acceptors (Lipinski definition) is 4. The molecule has 1 aliphatic rings. The van der Waals surface area contributed by atoms with Crippen LogP contribution in [-0.4, -0.2) is 54.6 Å². The van der Waals surface area contributed by atoms with E-state index in [1.54, 1.807) is 18.2 Å². The molecule has 7 nitrogen and oxygen atoms in total. The Morgan fingerprint density at radius 2 is 1.89 bits per heavy atom. The van der Waals surface area contributed by atoms with E-state index in [1.807, 2.05) is 37.3 Å². The Morgan fingerprint density at radius 3 is 2.57 bits per heavy atom. The first-order chi connectivity index (χ1) is 13.6. The summed E-state index contributed by atoms with van der Waals surface area (Å²) in [6.45, 7) is 6.52. The molecule has 0 bridgehead atoms. The molecule has 3 rings (SSSR count). The Hall–Kier alpha value is -3.22. The second-order valence-corrected chi connectivity index (χ2v) is 6.70. The van der Waals surface area contributed by atoms with Crippen molar-refractivity contribution in [2.75, 3.05) is 37.6 Å². The highest BCUT2D eigenvalue weighted by Gasteiger charge is 2.21. The van der Waals surface area contributed by atoms with Gasteiger partial charge in [0.1, 0.15) is 5.75 Å². The van der Waals surface area contributed by atoms with E-state index >= 15 is 0 Å². The van der Waals surface area contributed by atoms with Crippen LogP contribution in [0, 0.1) is 0 Å². The maximum atomic E-state index is 11.4. The second-order valence-electron chi connectivity index (χ2n) is 6.70. The van der Waals surface area contributed by atoms with Crippen LogP contribution in [0.2, 0.25) is 0 Å². The number of aliphatic imine (C=N–C) groups is 1. The van der Waals surface area contributed by atoms with Crippen LogP contribution in [0.4, 0.5) is 5.69 Å². The third kappa shape index (κ3) is 4.73. The predicted octanol–water partition coefficient (Wildman–Crippen LogP) is 1.78. The van der Waals surface area contributed by atoms with E-state index in [9.17, 15) is 9.90 Å². The Morgan fingerprint density at radius 1 is 1.14 bits per heavy atom. The number of primary amides is 1. The van der Waals surface area contributed by atoms with Crippen molar-refractivity contribution in [1.29, 1.82) is 0 Å². The second kappa shape index (κ2) is 9.12. The lowest BCUT2D eigenvalue weighted by Crippen LogP contribution is -2.52. The number of phenolic OH excluding ortho intramolecular Hbond substituents is 1. The highest BCUT2D eigenvalue weighted by molar-refractivity contribution is 5.92. The summed E-state index contributed by atoms with van der Waals surface area (Å²) in [4.78, 5) is 20.5. The molecule has 28 heavy (non-hydrogen) atoms. The number of nitrogens with two attached hydrogens (primary N) is 1. The summed E-state index contributed by atoms with van der Waals surface area (Å²) in [5.41, 5.74) is 7.66. The van der Waals surface area contributed by atoms with Crippen molar-refractivity contribution >= 4 is 17.6 Å². The number of nitrogens with one attached hydrogen (secondary N) is 1. The molecule has 1 aliphatic heterocycles. The van der Waals surface area contributed by atoms with Crippen LogP contribution in [0.5, 0.6) is 5.75 Å². The third-order valence-electron chi connectivity index (χ3n) is 4.76. The van der Waals surface area contributed by atoms with Gasteiger partial charge in [0, 0.05) is 38.3 Å². The molecular weight excluding hydrogens is 354 g/mol. The average Bonchev–Trinajstić information content (AvgIpc) is 2.72. The van der Waals surface area contributed by atoms with Gasteiger partial charge in [0.25, 0.3) is 0 Å². The zero-order valence-electron chi connectivity index (χ0n) is 16.1. The highest BCUT2D eigenvalue weighted by atomic mass is 16.3. The molecule has 0 aromatic heterocycles. The number of para-hydroxylation sites is 2. The molecule has 1 heterocycles. The van der Waals surface area contributed by atoms with E-state index in [4.69, 9.17) is 10.7 Å². The minimum atomic E-state index is -0.432. The van der Waals surface area contributed by atoms with Gasteiger partial charge in [-0.25, -0.2) is 4.99 Å². The standard InChI is InChI=1S/C21H27N5O2/c1-2-23-21(24-15-16-6-5-7-17(14-16)20(22)28)26-12-10-25(11-13-26)18-8-3-4-9-19(18)27/h3-9,14,27H,2,10-13,15H2,1H3,(H2,22,28)(H,23,24). The van der Waals surface area contributed by atoms with Crippen LogP contribution in [0.1, 0.15) is 22.8 Å². The summed E-state index contributed by atoms with van der Waals surface area (Å²) < 4.78 is 0. The number of piperazine rings is 1. The van der Waals surface area contributed by atoms with Gasteiger partial charge in [-0.1, -0.05) is 24.3 Å². The van der Waals surface area contributed by atoms with Gasteiger partial charge in [0.15, 0.2) is 5.96 Å². The monoisotopic (exact) mass is 381 g/mol. The number of carbonyl (C=O) groups excluding carboxylic acids is 1. The lowest BCUT2D eigenvalue weighted by Gasteiger charge is -2.37. The minimum absolute atomic E-state index is 0.311. The van der Waals surface area contributed by atoms with Crippen LogP contribution in [0.3, 0.4) is 0 Å². The molecule has 0 atom stereocenters. The van der Waals surface area contributed by atoms with Crippen LogP contribution in [0.25, 0.3) is 0 Å². The maximum absolute atomic E-state index is 11.4. The fraction of sp³-hybridized carbons (Fsp3) is 0.333. The molecule has 1 saturated heterocycles. The van der Waals surface area contributed by atoms with E-state index < -0.39 is 5.91 Å². The summed E-state index contributed by atoms with van der Waals surface area (Å²) in [6, 6.07) is 14.7. The number of rotatable bonds is 5. The van der Waals surface area contributed by atoms with Gasteiger partial charge in [-0.3, -0.25) is 4.79 Å². The van der Waals surface area contributed by atoms with E-state index in [0.717, 1.165) is 49.9 Å². The summed E-state index contributed by atoms with van der Waals surface area (Å²) in [6.07, 6.45) is 0. The van der Waals surface area contributed by atoms with Crippen molar-refractivity contribution in [2.45, 2.75) is 13.5 Å². The molecule has 2 aromatic carbocycles. The van der Waals surface area contributed by atoms with Crippen molar-refractivity contribution in [3.8, 4) is 5.75 Å². The number of carbonyl (C=O) groups is 1. The van der Waals surface area contributed by atoms with E-state index in [-0.39, 0.29) is 0 Å². The Kier molecular flexibility index (Phi) is 6.37. The molecule has 1 fully saturated rings. The molecule has 7 heteroatoms. The molecular formula is C21H27N5O2. The number of nitrogens with zero attached hydrogens (tertiary/aromatic N) is 3. The highest BCUT2D eigenvalue weighted by Crippen LogP contribution is 2.27. The smallest absolute Gasteiger partial charge is 0.248 e. The predicted molar refractivity (Wildman–Crippen MR) is 112 cm³/mol. The quantitative estimate of drug-likeness (QED) is 0.542. The zero-order chi connectivity index (χ0) is 19.9. The number of phenols is 1. The fourth-order valence-corrected chi connectivity index (χ4v) is 3.31. The SMILES string of the molecule is CCNC(=NCc1cccc(C(N)=O)c1)N1CCN(c2ccccc2O)CC1. The molecule has 0 saturated carbocycles. The van der Waals surface area contributed by atoms with E-state index in [0.29, 0.717) is 17.9 Å². The normalized spacial score (nSPS) is 14.8. The van der Waals surface area contributed by atoms with Gasteiger partial charge in [0.2, 0.25) is 5.91 Å². The number of hydrogen-bond donors (Lipinski definition) is 3. The molecule has 2 aromatic rings. The maximum Gasteiger partial charge on any atom is 0.248 e. The molecule has 0 unspecified atom stereocenters. The number of amides is 1. The lowest BCUT2D eigenvalue weighted by molar-refractivity contribution is 0.1000. The van der Waals surface area contributed by atoms with Gasteiger partial charge < -0.3 is 26.0 Å². The van der Waals surface area contributed by atoms with Crippen molar-refractivity contribution < 1.29 is 9.90 Å². The summed E-state index contributed by atoms with van der Waals surface area (Å²) in [5, 5.41) is 13.4. The molecule has 0 spiro atoms. The third-order valence-corrected chi connectivity index (χ3v) is 4.76. The number of aromatic hydroxyl groups is 1. The topological polar surface area (TPSA) is 94.2 Å².